The van der Waals surface area contributed by atoms with Crippen molar-refractivity contribution in [3.05, 3.63) is 35.6 Å². The lowest BCUT2D eigenvalue weighted by Crippen LogP contribution is -2.45. The van der Waals surface area contributed by atoms with E-state index in [0.29, 0.717) is 25.8 Å². The van der Waals surface area contributed by atoms with Crippen LogP contribution in [-0.4, -0.2) is 53.4 Å². The first-order chi connectivity index (χ1) is 13.8. The van der Waals surface area contributed by atoms with Gasteiger partial charge in [-0.2, -0.15) is 0 Å². The number of urea groups is 1. The number of halogens is 1. The number of ether oxygens (including phenoxy) is 1. The van der Waals surface area contributed by atoms with E-state index in [1.165, 1.54) is 19.1 Å². The van der Waals surface area contributed by atoms with Crippen LogP contribution >= 0.6 is 0 Å². The molecule has 9 heteroatoms. The molecule has 8 nitrogen and oxygen atoms in total. The van der Waals surface area contributed by atoms with Gasteiger partial charge in [0.05, 0.1) is 0 Å². The van der Waals surface area contributed by atoms with Crippen molar-refractivity contribution in [3.8, 4) is 0 Å². The highest BCUT2D eigenvalue weighted by Gasteiger charge is 2.52. The van der Waals surface area contributed by atoms with Crippen LogP contribution in [0.25, 0.3) is 0 Å². The van der Waals surface area contributed by atoms with E-state index in [2.05, 4.69) is 10.6 Å². The van der Waals surface area contributed by atoms with Gasteiger partial charge in [0.15, 0.2) is 6.10 Å². The topological polar surface area (TPSA) is 105 Å². The number of imide groups is 1. The van der Waals surface area contributed by atoms with E-state index in [4.69, 9.17) is 4.74 Å². The predicted molar refractivity (Wildman–Crippen MR) is 100 cm³/mol. The van der Waals surface area contributed by atoms with Crippen LogP contribution in [0, 0.1) is 5.82 Å². The summed E-state index contributed by atoms with van der Waals surface area (Å²) in [6, 6.07) is 5.32. The van der Waals surface area contributed by atoms with Crippen LogP contribution in [0.1, 0.15) is 38.2 Å². The Balaban J connectivity index is 1.43. The van der Waals surface area contributed by atoms with E-state index >= 15 is 0 Å². The number of rotatable bonds is 7. The maximum Gasteiger partial charge on any atom is 0.327 e. The molecule has 1 aliphatic carbocycles. The number of carbonyl (C=O) groups is 4. The molecule has 1 aliphatic heterocycles. The van der Waals surface area contributed by atoms with E-state index in [9.17, 15) is 23.6 Å². The molecule has 0 unspecified atom stereocenters. The first-order valence-electron chi connectivity index (χ1n) is 9.66. The van der Waals surface area contributed by atoms with Crippen molar-refractivity contribution in [1.29, 1.82) is 0 Å². The van der Waals surface area contributed by atoms with Crippen LogP contribution in [0.5, 0.6) is 0 Å². The second-order valence-electron chi connectivity index (χ2n) is 7.41. The van der Waals surface area contributed by atoms with Gasteiger partial charge in [-0.15, -0.1) is 0 Å². The SMILES string of the molecule is C[C@H](OC(=O)CN1C(=O)NC2(CCCC2)C1=O)C(=O)NCCc1ccc(F)cc1. The van der Waals surface area contributed by atoms with Gasteiger partial charge in [0.1, 0.15) is 17.9 Å². The van der Waals surface area contributed by atoms with E-state index in [0.717, 1.165) is 23.3 Å². The number of esters is 1. The van der Waals surface area contributed by atoms with E-state index in [-0.39, 0.29) is 5.82 Å². The summed E-state index contributed by atoms with van der Waals surface area (Å²) in [5, 5.41) is 5.32. The minimum atomic E-state index is -1.07. The maximum absolute atomic E-state index is 12.9. The molecule has 1 aromatic rings. The average molecular weight is 405 g/mol. The van der Waals surface area contributed by atoms with Crippen LogP contribution in [0.15, 0.2) is 24.3 Å². The fraction of sp³-hybridized carbons (Fsp3) is 0.500. The maximum atomic E-state index is 12.9. The monoisotopic (exact) mass is 405 g/mol. The highest BCUT2D eigenvalue weighted by atomic mass is 19.1. The summed E-state index contributed by atoms with van der Waals surface area (Å²) in [5.74, 6) is -2.06. The molecule has 4 amide bonds. The van der Waals surface area contributed by atoms with Gasteiger partial charge in [-0.1, -0.05) is 25.0 Å². The van der Waals surface area contributed by atoms with Gasteiger partial charge in [-0.05, 0) is 43.9 Å². The summed E-state index contributed by atoms with van der Waals surface area (Å²) < 4.78 is 17.9. The van der Waals surface area contributed by atoms with Crippen LogP contribution < -0.4 is 10.6 Å². The number of amides is 4. The Morgan fingerprint density at radius 3 is 2.55 bits per heavy atom. The summed E-state index contributed by atoms with van der Waals surface area (Å²) in [7, 11) is 0. The first-order valence-corrected chi connectivity index (χ1v) is 9.66. The van der Waals surface area contributed by atoms with Crippen LogP contribution in [0.3, 0.4) is 0 Å². The zero-order valence-electron chi connectivity index (χ0n) is 16.2. The molecule has 2 fully saturated rings. The van der Waals surface area contributed by atoms with Gasteiger partial charge >= 0.3 is 12.0 Å². The van der Waals surface area contributed by atoms with Gasteiger partial charge in [0.2, 0.25) is 0 Å². The highest BCUT2D eigenvalue weighted by molar-refractivity contribution is 6.08. The predicted octanol–water partition coefficient (Wildman–Crippen LogP) is 1.28. The largest absolute Gasteiger partial charge is 0.451 e. The molecule has 2 aliphatic rings. The van der Waals surface area contributed by atoms with Gasteiger partial charge < -0.3 is 15.4 Å². The minimum absolute atomic E-state index is 0.294. The van der Waals surface area contributed by atoms with Gasteiger partial charge in [-0.3, -0.25) is 19.3 Å². The summed E-state index contributed by atoms with van der Waals surface area (Å²) in [6.45, 7) is 1.18. The average Bonchev–Trinajstić information content (AvgIpc) is 3.24. The third-order valence-electron chi connectivity index (χ3n) is 5.29. The summed E-state index contributed by atoms with van der Waals surface area (Å²) in [5.41, 5.74) is -0.0310. The molecule has 0 radical (unpaired) electrons. The third kappa shape index (κ3) is 4.72. The Morgan fingerprint density at radius 1 is 1.24 bits per heavy atom. The van der Waals surface area contributed by atoms with E-state index in [1.807, 2.05) is 0 Å². The Hall–Kier alpha value is -2.97. The Kier molecular flexibility index (Phi) is 6.14. The lowest BCUT2D eigenvalue weighted by atomic mass is 9.98. The van der Waals surface area contributed by atoms with Crippen molar-refractivity contribution < 1.29 is 28.3 Å². The minimum Gasteiger partial charge on any atom is -0.451 e. The zero-order chi connectivity index (χ0) is 21.0. The smallest absolute Gasteiger partial charge is 0.327 e. The van der Waals surface area contributed by atoms with Crippen molar-refractivity contribution in [2.75, 3.05) is 13.1 Å². The lowest BCUT2D eigenvalue weighted by molar-refractivity contribution is -0.156. The molecular weight excluding hydrogens is 381 g/mol. The molecule has 29 heavy (non-hydrogen) atoms. The number of nitrogens with one attached hydrogen (secondary N) is 2. The van der Waals surface area contributed by atoms with E-state index in [1.54, 1.807) is 12.1 Å². The quantitative estimate of drug-likeness (QED) is 0.525. The molecule has 1 heterocycles. The fourth-order valence-electron chi connectivity index (χ4n) is 3.68. The van der Waals surface area contributed by atoms with Crippen molar-refractivity contribution in [2.45, 2.75) is 50.7 Å². The summed E-state index contributed by atoms with van der Waals surface area (Å²) >= 11 is 0. The molecule has 1 atom stereocenters. The van der Waals surface area contributed by atoms with Gasteiger partial charge in [0.25, 0.3) is 11.8 Å². The molecular formula is C20H24FN3O5. The standard InChI is InChI=1S/C20H24FN3O5/c1-13(17(26)22-11-8-14-4-6-15(21)7-5-14)29-16(25)12-24-18(27)20(23-19(24)28)9-2-3-10-20/h4-7,13H,2-3,8-12H2,1H3,(H,22,26)(H,23,28)/t13-/m0/s1. The Labute approximate surface area is 167 Å². The molecule has 1 saturated carbocycles. The number of nitrogens with zero attached hydrogens (tertiary/aromatic N) is 1. The molecule has 156 valence electrons. The van der Waals surface area contributed by atoms with Crippen LogP contribution in [0.4, 0.5) is 9.18 Å². The molecule has 2 N–H and O–H groups in total. The second kappa shape index (κ2) is 8.59. The molecule has 3 rings (SSSR count). The Bertz CT molecular complexity index is 805. The number of benzene rings is 1. The lowest BCUT2D eigenvalue weighted by Gasteiger charge is -2.20. The van der Waals surface area contributed by atoms with Crippen molar-refractivity contribution in [2.24, 2.45) is 0 Å². The summed E-state index contributed by atoms with van der Waals surface area (Å²) in [6.07, 6.45) is 2.25. The molecule has 0 aromatic heterocycles. The van der Waals surface area contributed by atoms with Crippen LogP contribution in [-0.2, 0) is 25.5 Å². The Morgan fingerprint density at radius 2 is 1.90 bits per heavy atom. The zero-order valence-corrected chi connectivity index (χ0v) is 16.2. The van der Waals surface area contributed by atoms with E-state index < -0.39 is 42.0 Å². The second-order valence-corrected chi connectivity index (χ2v) is 7.41. The summed E-state index contributed by atoms with van der Waals surface area (Å²) in [4.78, 5) is 49.7. The molecule has 1 aromatic carbocycles. The molecule has 1 spiro atoms. The molecule has 1 saturated heterocycles. The third-order valence-corrected chi connectivity index (χ3v) is 5.29. The van der Waals surface area contributed by atoms with Crippen molar-refractivity contribution in [1.82, 2.24) is 15.5 Å². The van der Waals surface area contributed by atoms with Crippen molar-refractivity contribution in [3.63, 3.8) is 0 Å². The highest BCUT2D eigenvalue weighted by Crippen LogP contribution is 2.34. The van der Waals surface area contributed by atoms with Crippen LogP contribution in [0.2, 0.25) is 0 Å². The first kappa shape index (κ1) is 20.8. The van der Waals surface area contributed by atoms with Gasteiger partial charge in [-0.25, -0.2) is 9.18 Å². The van der Waals surface area contributed by atoms with Gasteiger partial charge in [0, 0.05) is 6.54 Å². The number of hydrogen-bond acceptors (Lipinski definition) is 5. The molecule has 0 bridgehead atoms. The number of hydrogen-bond donors (Lipinski definition) is 2. The van der Waals surface area contributed by atoms with Crippen molar-refractivity contribution >= 4 is 23.8 Å². The normalized spacial score (nSPS) is 18.6. The number of carbonyl (C=O) groups excluding carboxylic acids is 4. The fourth-order valence-corrected chi connectivity index (χ4v) is 3.68.